The van der Waals surface area contributed by atoms with Crippen LogP contribution in [0, 0.1) is 5.82 Å². The van der Waals surface area contributed by atoms with E-state index < -0.39 is 5.82 Å². The number of aromatic nitrogens is 2. The van der Waals surface area contributed by atoms with Crippen molar-refractivity contribution in [2.24, 2.45) is 5.84 Å². The van der Waals surface area contributed by atoms with Crippen LogP contribution in [0.1, 0.15) is 25.3 Å². The Balaban J connectivity index is 2.40. The molecule has 0 aliphatic rings. The minimum absolute atomic E-state index is 0.0949. The van der Waals surface area contributed by atoms with Gasteiger partial charge in [-0.2, -0.15) is 0 Å². The molecule has 106 valence electrons. The van der Waals surface area contributed by atoms with Gasteiger partial charge in [0.2, 0.25) is 5.88 Å². The number of anilines is 1. The molecule has 0 radical (unpaired) electrons. The van der Waals surface area contributed by atoms with Gasteiger partial charge in [0.1, 0.15) is 17.9 Å². The van der Waals surface area contributed by atoms with Crippen molar-refractivity contribution in [2.45, 2.75) is 19.8 Å². The molecule has 3 N–H and O–H groups in total. The maximum Gasteiger partial charge on any atom is 0.227 e. The summed E-state index contributed by atoms with van der Waals surface area (Å²) in [4.78, 5) is 8.14. The van der Waals surface area contributed by atoms with Gasteiger partial charge in [0, 0.05) is 6.07 Å². The lowest BCUT2D eigenvalue weighted by atomic mass is 10.1. The highest BCUT2D eigenvalue weighted by Crippen LogP contribution is 2.33. The van der Waals surface area contributed by atoms with E-state index in [2.05, 4.69) is 31.3 Å². The minimum atomic E-state index is -0.403. The maximum atomic E-state index is 13.5. The average Bonchev–Trinajstić information content (AvgIpc) is 2.42. The summed E-state index contributed by atoms with van der Waals surface area (Å²) in [5, 5.41) is 0. The Labute approximate surface area is 124 Å². The van der Waals surface area contributed by atoms with E-state index in [4.69, 9.17) is 10.6 Å². The fourth-order valence-corrected chi connectivity index (χ4v) is 1.99. The standard InChI is InChI=1S/C13H14BrFN4O/c1-7(2)11-12(19-16)17-6-18-13(11)20-8-3-4-9(14)10(15)5-8/h3-7H,16H2,1-2H3,(H,17,18,19). The second-order valence-electron chi connectivity index (χ2n) is 4.42. The molecule has 1 aromatic heterocycles. The normalized spacial score (nSPS) is 10.7. The number of ether oxygens (including phenoxy) is 1. The summed E-state index contributed by atoms with van der Waals surface area (Å²) >= 11 is 3.09. The molecule has 0 saturated heterocycles. The number of nitrogens with zero attached hydrogens (tertiary/aromatic N) is 2. The van der Waals surface area contributed by atoms with Crippen LogP contribution in [0.5, 0.6) is 11.6 Å². The first-order valence-corrected chi connectivity index (χ1v) is 6.76. The van der Waals surface area contributed by atoms with E-state index in [0.717, 1.165) is 5.56 Å². The number of rotatable bonds is 4. The minimum Gasteiger partial charge on any atom is -0.438 e. The molecule has 2 aromatic rings. The Bertz CT molecular complexity index is 621. The quantitative estimate of drug-likeness (QED) is 0.657. The number of halogens is 2. The molecule has 2 rings (SSSR count). The number of benzene rings is 1. The van der Waals surface area contributed by atoms with Crippen molar-refractivity contribution in [3.63, 3.8) is 0 Å². The van der Waals surface area contributed by atoms with Crippen LogP contribution in [-0.2, 0) is 0 Å². The lowest BCUT2D eigenvalue weighted by molar-refractivity contribution is 0.447. The average molecular weight is 341 g/mol. The Hall–Kier alpha value is -1.73. The van der Waals surface area contributed by atoms with Crippen molar-refractivity contribution in [1.82, 2.24) is 9.97 Å². The van der Waals surface area contributed by atoms with Gasteiger partial charge in [-0.1, -0.05) is 13.8 Å². The van der Waals surface area contributed by atoms with Gasteiger partial charge in [-0.05, 0) is 34.0 Å². The zero-order valence-corrected chi connectivity index (χ0v) is 12.6. The molecule has 1 heterocycles. The first-order chi connectivity index (χ1) is 9.52. The second-order valence-corrected chi connectivity index (χ2v) is 5.27. The highest BCUT2D eigenvalue weighted by atomic mass is 79.9. The molecule has 0 aliphatic carbocycles. The predicted molar refractivity (Wildman–Crippen MR) is 78.1 cm³/mol. The first kappa shape index (κ1) is 14.7. The summed E-state index contributed by atoms with van der Waals surface area (Å²) in [6, 6.07) is 4.50. The van der Waals surface area contributed by atoms with Gasteiger partial charge in [-0.3, -0.25) is 0 Å². The molecular formula is C13H14BrFN4O. The summed E-state index contributed by atoms with van der Waals surface area (Å²) in [5.41, 5.74) is 3.25. The molecule has 0 amide bonds. The zero-order chi connectivity index (χ0) is 14.7. The number of nitrogens with one attached hydrogen (secondary N) is 1. The zero-order valence-electron chi connectivity index (χ0n) is 11.0. The third-order valence-electron chi connectivity index (χ3n) is 2.67. The number of hydrogen-bond donors (Lipinski definition) is 2. The number of nitrogen functional groups attached to an aromatic ring is 1. The van der Waals surface area contributed by atoms with Crippen LogP contribution in [0.25, 0.3) is 0 Å². The van der Waals surface area contributed by atoms with Crippen LogP contribution in [-0.4, -0.2) is 9.97 Å². The molecule has 0 aliphatic heterocycles. The van der Waals surface area contributed by atoms with E-state index in [9.17, 15) is 4.39 Å². The number of hydrogen-bond acceptors (Lipinski definition) is 5. The Morgan fingerprint density at radius 1 is 1.35 bits per heavy atom. The van der Waals surface area contributed by atoms with Crippen LogP contribution in [0.2, 0.25) is 0 Å². The Kier molecular flexibility index (Phi) is 4.51. The summed E-state index contributed by atoms with van der Waals surface area (Å²) in [6.45, 7) is 3.93. The monoisotopic (exact) mass is 340 g/mol. The van der Waals surface area contributed by atoms with Gasteiger partial charge in [-0.25, -0.2) is 20.2 Å². The van der Waals surface area contributed by atoms with E-state index >= 15 is 0 Å². The van der Waals surface area contributed by atoms with Crippen molar-refractivity contribution >= 4 is 21.7 Å². The first-order valence-electron chi connectivity index (χ1n) is 5.97. The van der Waals surface area contributed by atoms with Gasteiger partial charge in [0.15, 0.2) is 5.82 Å². The molecule has 5 nitrogen and oxygen atoms in total. The van der Waals surface area contributed by atoms with Crippen LogP contribution < -0.4 is 16.0 Å². The van der Waals surface area contributed by atoms with Crippen LogP contribution in [0.15, 0.2) is 29.0 Å². The molecule has 20 heavy (non-hydrogen) atoms. The van der Waals surface area contributed by atoms with Crippen molar-refractivity contribution in [3.8, 4) is 11.6 Å². The van der Waals surface area contributed by atoms with Crippen LogP contribution in [0.4, 0.5) is 10.2 Å². The Morgan fingerprint density at radius 2 is 2.10 bits per heavy atom. The summed E-state index contributed by atoms with van der Waals surface area (Å²) in [6.07, 6.45) is 1.34. The molecule has 0 spiro atoms. The molecule has 1 aromatic carbocycles. The fourth-order valence-electron chi connectivity index (χ4n) is 1.75. The maximum absolute atomic E-state index is 13.5. The van der Waals surface area contributed by atoms with E-state index in [1.54, 1.807) is 12.1 Å². The third-order valence-corrected chi connectivity index (χ3v) is 3.31. The smallest absolute Gasteiger partial charge is 0.227 e. The molecule has 7 heteroatoms. The van der Waals surface area contributed by atoms with Crippen molar-refractivity contribution in [1.29, 1.82) is 0 Å². The number of hydrazine groups is 1. The van der Waals surface area contributed by atoms with E-state index in [1.807, 2.05) is 13.8 Å². The van der Waals surface area contributed by atoms with Crippen LogP contribution >= 0.6 is 15.9 Å². The fraction of sp³-hybridized carbons (Fsp3) is 0.231. The molecule has 0 atom stereocenters. The van der Waals surface area contributed by atoms with E-state index in [1.165, 1.54) is 12.4 Å². The largest absolute Gasteiger partial charge is 0.438 e. The summed E-state index contributed by atoms with van der Waals surface area (Å²) in [7, 11) is 0. The van der Waals surface area contributed by atoms with Gasteiger partial charge in [-0.15, -0.1) is 0 Å². The van der Waals surface area contributed by atoms with Gasteiger partial charge in [0.05, 0.1) is 10.0 Å². The molecule has 0 bridgehead atoms. The molecular weight excluding hydrogens is 327 g/mol. The van der Waals surface area contributed by atoms with Gasteiger partial charge in [0.25, 0.3) is 0 Å². The van der Waals surface area contributed by atoms with Crippen molar-refractivity contribution < 1.29 is 9.13 Å². The molecule has 0 fully saturated rings. The topological polar surface area (TPSA) is 73.1 Å². The molecule has 0 unspecified atom stereocenters. The van der Waals surface area contributed by atoms with Gasteiger partial charge < -0.3 is 10.2 Å². The SMILES string of the molecule is CC(C)c1c(NN)ncnc1Oc1ccc(Br)c(F)c1. The second kappa shape index (κ2) is 6.15. The third kappa shape index (κ3) is 3.05. The Morgan fingerprint density at radius 3 is 2.70 bits per heavy atom. The van der Waals surface area contributed by atoms with Crippen molar-refractivity contribution in [3.05, 3.63) is 40.4 Å². The summed E-state index contributed by atoms with van der Waals surface area (Å²) < 4.78 is 19.5. The van der Waals surface area contributed by atoms with Crippen molar-refractivity contribution in [2.75, 3.05) is 5.43 Å². The number of nitrogens with two attached hydrogens (primary N) is 1. The lowest BCUT2D eigenvalue weighted by Gasteiger charge is -2.15. The van der Waals surface area contributed by atoms with Crippen LogP contribution in [0.3, 0.4) is 0 Å². The van der Waals surface area contributed by atoms with E-state index in [-0.39, 0.29) is 5.92 Å². The predicted octanol–water partition coefficient (Wildman–Crippen LogP) is 3.58. The highest BCUT2D eigenvalue weighted by molar-refractivity contribution is 9.10. The molecule has 0 saturated carbocycles. The van der Waals surface area contributed by atoms with E-state index in [0.29, 0.717) is 21.9 Å². The lowest BCUT2D eigenvalue weighted by Crippen LogP contribution is -2.13. The highest BCUT2D eigenvalue weighted by Gasteiger charge is 2.16. The van der Waals surface area contributed by atoms with Gasteiger partial charge >= 0.3 is 0 Å². The summed E-state index contributed by atoms with van der Waals surface area (Å²) in [5.74, 6) is 6.32.